The highest BCUT2D eigenvalue weighted by molar-refractivity contribution is 5.77. The topological polar surface area (TPSA) is 64.0 Å². The van der Waals surface area contributed by atoms with E-state index >= 15 is 0 Å². The molecule has 1 heterocycles. The maximum atomic E-state index is 12.1. The molecular weight excluding hydrogens is 242 g/mol. The lowest BCUT2D eigenvalue weighted by Crippen LogP contribution is -2.29. The molecule has 0 fully saturated rings. The van der Waals surface area contributed by atoms with E-state index in [0.717, 1.165) is 6.42 Å². The van der Waals surface area contributed by atoms with Crippen LogP contribution in [-0.4, -0.2) is 15.5 Å². The predicted molar refractivity (Wildman–Crippen MR) is 73.7 cm³/mol. The molecule has 100 valence electrons. The van der Waals surface area contributed by atoms with E-state index in [1.165, 1.54) is 4.57 Å². The van der Waals surface area contributed by atoms with Gasteiger partial charge in [-0.05, 0) is 18.6 Å². The van der Waals surface area contributed by atoms with Gasteiger partial charge in [-0.25, -0.2) is 4.98 Å². The first-order valence-electron chi connectivity index (χ1n) is 6.35. The third kappa shape index (κ3) is 2.81. The lowest BCUT2D eigenvalue weighted by Gasteiger charge is -2.10. The number of hydrogen-bond acceptors (Lipinski definition) is 3. The van der Waals surface area contributed by atoms with E-state index in [1.54, 1.807) is 19.2 Å². The predicted octanol–water partition coefficient (Wildman–Crippen LogP) is 1.35. The van der Waals surface area contributed by atoms with Crippen LogP contribution in [0.3, 0.4) is 0 Å². The Morgan fingerprint density at radius 3 is 2.84 bits per heavy atom. The minimum absolute atomic E-state index is 0.0232. The van der Waals surface area contributed by atoms with Crippen LogP contribution in [0.2, 0.25) is 0 Å². The summed E-state index contributed by atoms with van der Waals surface area (Å²) in [6, 6.07) is 7.21. The minimum atomic E-state index is -0.0923. The maximum Gasteiger partial charge on any atom is 0.261 e. The molecule has 0 unspecified atom stereocenters. The number of nitrogens with zero attached hydrogens (tertiary/aromatic N) is 2. The molecule has 1 N–H and O–H groups in total. The third-order valence-electron chi connectivity index (χ3n) is 3.00. The van der Waals surface area contributed by atoms with Gasteiger partial charge in [-0.3, -0.25) is 14.2 Å². The molecule has 2 rings (SSSR count). The van der Waals surface area contributed by atoms with Crippen molar-refractivity contribution in [1.82, 2.24) is 14.9 Å². The van der Waals surface area contributed by atoms with Crippen LogP contribution in [0.25, 0.3) is 10.9 Å². The zero-order valence-electron chi connectivity index (χ0n) is 11.1. The number of carbonyl (C=O) groups is 1. The lowest BCUT2D eigenvalue weighted by atomic mass is 10.2. The molecule has 0 atom stereocenters. The fraction of sp³-hybridized carbons (Fsp3) is 0.357. The van der Waals surface area contributed by atoms with Gasteiger partial charge in [0.25, 0.3) is 5.56 Å². The highest BCUT2D eigenvalue weighted by Crippen LogP contribution is 2.06. The quantitative estimate of drug-likeness (QED) is 0.901. The molecule has 0 aliphatic rings. The van der Waals surface area contributed by atoms with Crippen molar-refractivity contribution in [2.24, 2.45) is 7.05 Å². The first-order valence-corrected chi connectivity index (χ1v) is 6.35. The van der Waals surface area contributed by atoms with Crippen molar-refractivity contribution in [3.05, 3.63) is 40.4 Å². The Morgan fingerprint density at radius 2 is 2.11 bits per heavy atom. The number of nitrogens with one attached hydrogen (secondary N) is 1. The summed E-state index contributed by atoms with van der Waals surface area (Å²) >= 11 is 0. The Labute approximate surface area is 111 Å². The standard InChI is InChI=1S/C14H17N3O2/c1-3-6-13(18)15-9-12-16-11-8-5-4-7-10(11)14(19)17(12)2/h4-5,7-8H,3,6,9H2,1-2H3,(H,15,18). The molecule has 0 saturated carbocycles. The summed E-state index contributed by atoms with van der Waals surface area (Å²) in [5.41, 5.74) is 0.565. The number of fused-ring (bicyclic) bond motifs is 1. The first kappa shape index (κ1) is 13.3. The third-order valence-corrected chi connectivity index (χ3v) is 3.00. The molecule has 0 spiro atoms. The number of carbonyl (C=O) groups excluding carboxylic acids is 1. The lowest BCUT2D eigenvalue weighted by molar-refractivity contribution is -0.121. The second-order valence-electron chi connectivity index (χ2n) is 4.44. The monoisotopic (exact) mass is 259 g/mol. The van der Waals surface area contributed by atoms with Crippen LogP contribution in [0.1, 0.15) is 25.6 Å². The van der Waals surface area contributed by atoms with Crippen LogP contribution in [0.15, 0.2) is 29.1 Å². The van der Waals surface area contributed by atoms with E-state index in [9.17, 15) is 9.59 Å². The largest absolute Gasteiger partial charge is 0.349 e. The van der Waals surface area contributed by atoms with E-state index in [0.29, 0.717) is 23.1 Å². The highest BCUT2D eigenvalue weighted by atomic mass is 16.1. The number of benzene rings is 1. The number of rotatable bonds is 4. The Morgan fingerprint density at radius 1 is 1.37 bits per heavy atom. The van der Waals surface area contributed by atoms with Crippen molar-refractivity contribution in [1.29, 1.82) is 0 Å². The molecule has 1 aromatic heterocycles. The molecule has 5 heteroatoms. The second kappa shape index (κ2) is 5.65. The molecule has 5 nitrogen and oxygen atoms in total. The smallest absolute Gasteiger partial charge is 0.261 e. The summed E-state index contributed by atoms with van der Waals surface area (Å²) in [4.78, 5) is 28.0. The van der Waals surface area contributed by atoms with Crippen molar-refractivity contribution in [2.45, 2.75) is 26.3 Å². The molecule has 1 amide bonds. The number of para-hydroxylation sites is 1. The van der Waals surface area contributed by atoms with Crippen LogP contribution in [-0.2, 0) is 18.4 Å². The number of aromatic nitrogens is 2. The number of amides is 1. The van der Waals surface area contributed by atoms with Gasteiger partial charge in [-0.15, -0.1) is 0 Å². The first-order chi connectivity index (χ1) is 9.13. The molecule has 2 aromatic rings. The van der Waals surface area contributed by atoms with Gasteiger partial charge in [-0.1, -0.05) is 19.1 Å². The van der Waals surface area contributed by atoms with Gasteiger partial charge in [0.15, 0.2) is 0 Å². The van der Waals surface area contributed by atoms with Gasteiger partial charge in [0.2, 0.25) is 5.91 Å². The molecule has 0 saturated heterocycles. The zero-order valence-corrected chi connectivity index (χ0v) is 11.1. The zero-order chi connectivity index (χ0) is 13.8. The normalized spacial score (nSPS) is 10.6. The van der Waals surface area contributed by atoms with E-state index in [1.807, 2.05) is 19.1 Å². The van der Waals surface area contributed by atoms with Gasteiger partial charge in [0, 0.05) is 13.5 Å². The van der Waals surface area contributed by atoms with Crippen molar-refractivity contribution >= 4 is 16.8 Å². The Balaban J connectivity index is 2.31. The molecule has 0 aliphatic carbocycles. The Hall–Kier alpha value is -2.17. The van der Waals surface area contributed by atoms with Crippen molar-refractivity contribution in [3.63, 3.8) is 0 Å². The van der Waals surface area contributed by atoms with Crippen molar-refractivity contribution in [3.8, 4) is 0 Å². The van der Waals surface area contributed by atoms with Crippen LogP contribution in [0.4, 0.5) is 0 Å². The molecule has 0 aliphatic heterocycles. The Bertz CT molecular complexity index is 661. The van der Waals surface area contributed by atoms with Gasteiger partial charge in [0.1, 0.15) is 5.82 Å². The summed E-state index contributed by atoms with van der Waals surface area (Å²) < 4.78 is 1.48. The van der Waals surface area contributed by atoms with E-state index < -0.39 is 0 Å². The summed E-state index contributed by atoms with van der Waals surface area (Å²) in [5, 5.41) is 3.36. The van der Waals surface area contributed by atoms with Crippen LogP contribution >= 0.6 is 0 Å². The van der Waals surface area contributed by atoms with Crippen LogP contribution < -0.4 is 10.9 Å². The van der Waals surface area contributed by atoms with E-state index in [2.05, 4.69) is 10.3 Å². The van der Waals surface area contributed by atoms with Crippen molar-refractivity contribution in [2.75, 3.05) is 0 Å². The molecule has 0 radical (unpaired) electrons. The second-order valence-corrected chi connectivity index (χ2v) is 4.44. The number of hydrogen-bond donors (Lipinski definition) is 1. The highest BCUT2D eigenvalue weighted by Gasteiger charge is 2.08. The van der Waals surface area contributed by atoms with Gasteiger partial charge < -0.3 is 5.32 Å². The van der Waals surface area contributed by atoms with Crippen LogP contribution in [0, 0.1) is 0 Å². The summed E-state index contributed by atoms with van der Waals surface area (Å²) in [7, 11) is 1.67. The minimum Gasteiger partial charge on any atom is -0.349 e. The summed E-state index contributed by atoms with van der Waals surface area (Å²) in [6.45, 7) is 2.22. The van der Waals surface area contributed by atoms with Gasteiger partial charge in [-0.2, -0.15) is 0 Å². The SMILES string of the molecule is CCCC(=O)NCc1nc2ccccc2c(=O)n1C. The van der Waals surface area contributed by atoms with Crippen molar-refractivity contribution < 1.29 is 4.79 Å². The molecule has 0 bridgehead atoms. The van der Waals surface area contributed by atoms with Gasteiger partial charge >= 0.3 is 0 Å². The van der Waals surface area contributed by atoms with E-state index in [-0.39, 0.29) is 18.0 Å². The van der Waals surface area contributed by atoms with Gasteiger partial charge in [0.05, 0.1) is 17.4 Å². The average Bonchev–Trinajstić information content (AvgIpc) is 2.42. The molecule has 19 heavy (non-hydrogen) atoms. The van der Waals surface area contributed by atoms with E-state index in [4.69, 9.17) is 0 Å². The molecular formula is C14H17N3O2. The fourth-order valence-electron chi connectivity index (χ4n) is 1.92. The summed E-state index contributed by atoms with van der Waals surface area (Å²) in [5.74, 6) is 0.540. The fourth-order valence-corrected chi connectivity index (χ4v) is 1.92. The average molecular weight is 259 g/mol. The Kier molecular flexibility index (Phi) is 3.94. The molecule has 1 aromatic carbocycles. The van der Waals surface area contributed by atoms with Crippen LogP contribution in [0.5, 0.6) is 0 Å². The summed E-state index contributed by atoms with van der Waals surface area (Å²) in [6.07, 6.45) is 1.29. The maximum absolute atomic E-state index is 12.1.